The molecule has 1 spiro atoms. The van der Waals surface area contributed by atoms with Crippen LogP contribution in [0.25, 0.3) is 16.6 Å². The number of halogens is 2. The summed E-state index contributed by atoms with van der Waals surface area (Å²) in [4.78, 5) is 2.34. The van der Waals surface area contributed by atoms with Crippen LogP contribution in [-0.2, 0) is 4.74 Å². The minimum Gasteiger partial charge on any atom is -0.503 e. The number of phenolic OH excluding ortho intramolecular Hbond substituents is 1. The summed E-state index contributed by atoms with van der Waals surface area (Å²) >= 11 is 0. The highest BCUT2D eigenvalue weighted by Gasteiger charge is 2.41. The van der Waals surface area contributed by atoms with Crippen molar-refractivity contribution in [1.29, 1.82) is 0 Å². The molecular formula is C20H19F2N3O2. The maximum atomic E-state index is 14.4. The monoisotopic (exact) mass is 371 g/mol. The van der Waals surface area contributed by atoms with Gasteiger partial charge in [0.2, 0.25) is 0 Å². The van der Waals surface area contributed by atoms with Gasteiger partial charge in [-0.3, -0.25) is 0 Å². The molecule has 5 nitrogen and oxygen atoms in total. The van der Waals surface area contributed by atoms with Gasteiger partial charge in [-0.15, -0.1) is 0 Å². The highest BCUT2D eigenvalue weighted by Crippen LogP contribution is 2.39. The highest BCUT2D eigenvalue weighted by atomic mass is 19.1. The number of ether oxygens (including phenoxy) is 1. The number of aromatic hydroxyl groups is 1. The van der Waals surface area contributed by atoms with E-state index in [4.69, 9.17) is 4.74 Å². The van der Waals surface area contributed by atoms with Crippen molar-refractivity contribution < 1.29 is 18.6 Å². The van der Waals surface area contributed by atoms with E-state index >= 15 is 0 Å². The van der Waals surface area contributed by atoms with Crippen molar-refractivity contribution in [2.75, 3.05) is 31.2 Å². The number of phenols is 1. The lowest BCUT2D eigenvalue weighted by atomic mass is 9.77. The van der Waals surface area contributed by atoms with E-state index in [1.54, 1.807) is 0 Å². The molecule has 0 amide bonds. The van der Waals surface area contributed by atoms with Crippen LogP contribution in [0.3, 0.4) is 0 Å². The first-order valence-corrected chi connectivity index (χ1v) is 9.04. The summed E-state index contributed by atoms with van der Waals surface area (Å²) in [7, 11) is 0. The summed E-state index contributed by atoms with van der Waals surface area (Å²) in [5.74, 6) is -2.98. The average molecular weight is 371 g/mol. The Morgan fingerprint density at radius 2 is 1.70 bits per heavy atom. The Bertz CT molecular complexity index is 1000. The molecule has 0 atom stereocenters. The van der Waals surface area contributed by atoms with Crippen LogP contribution in [0.4, 0.5) is 14.5 Å². The minimum absolute atomic E-state index is 0.0616. The smallest absolute Gasteiger partial charge is 0.194 e. The lowest BCUT2D eigenvalue weighted by Crippen LogP contribution is -2.50. The molecule has 2 saturated heterocycles. The molecule has 1 aromatic heterocycles. The lowest BCUT2D eigenvalue weighted by molar-refractivity contribution is -0.124. The predicted octanol–water partition coefficient (Wildman–Crippen LogP) is 3.63. The van der Waals surface area contributed by atoms with E-state index in [-0.39, 0.29) is 5.52 Å². The minimum atomic E-state index is -1.00. The third-order valence-corrected chi connectivity index (χ3v) is 5.82. The molecule has 0 unspecified atom stereocenters. The van der Waals surface area contributed by atoms with Gasteiger partial charge in [0.05, 0.1) is 25.1 Å². The molecule has 0 saturated carbocycles. The molecule has 7 heteroatoms. The molecule has 5 rings (SSSR count). The van der Waals surface area contributed by atoms with Gasteiger partial charge in [0, 0.05) is 29.6 Å². The zero-order chi connectivity index (χ0) is 18.6. The van der Waals surface area contributed by atoms with E-state index in [9.17, 15) is 13.9 Å². The van der Waals surface area contributed by atoms with Crippen molar-refractivity contribution in [1.82, 2.24) is 9.78 Å². The molecule has 0 radical (unpaired) electrons. The SMILES string of the molecule is Oc1c(F)cc2cnn(-c3ccc(N4CCC5(CC4)COC5)cc3)c2c1F. The van der Waals surface area contributed by atoms with Crippen LogP contribution in [-0.4, -0.2) is 41.2 Å². The normalized spacial score (nSPS) is 18.8. The highest BCUT2D eigenvalue weighted by molar-refractivity contribution is 5.82. The van der Waals surface area contributed by atoms with Crippen molar-refractivity contribution in [3.05, 3.63) is 48.2 Å². The third kappa shape index (κ3) is 2.56. The maximum Gasteiger partial charge on any atom is 0.194 e. The molecule has 3 aromatic rings. The van der Waals surface area contributed by atoms with Gasteiger partial charge in [-0.25, -0.2) is 13.5 Å². The summed E-state index contributed by atoms with van der Waals surface area (Å²) in [6.07, 6.45) is 3.66. The van der Waals surface area contributed by atoms with Crippen LogP contribution in [0.1, 0.15) is 12.8 Å². The van der Waals surface area contributed by atoms with Crippen molar-refractivity contribution >= 4 is 16.6 Å². The van der Waals surface area contributed by atoms with Crippen LogP contribution in [0.15, 0.2) is 36.5 Å². The quantitative estimate of drug-likeness (QED) is 0.748. The zero-order valence-corrected chi connectivity index (χ0v) is 14.7. The summed E-state index contributed by atoms with van der Waals surface area (Å²) in [6, 6.07) is 8.77. The molecule has 0 aliphatic carbocycles. The fraction of sp³-hybridized carbons (Fsp3) is 0.350. The Balaban J connectivity index is 1.42. The van der Waals surface area contributed by atoms with Gasteiger partial charge in [0.15, 0.2) is 17.4 Å². The van der Waals surface area contributed by atoms with E-state index in [1.165, 1.54) is 10.9 Å². The molecule has 1 N–H and O–H groups in total. The molecule has 2 aliphatic rings. The molecular weight excluding hydrogens is 352 g/mol. The Labute approximate surface area is 154 Å². The molecule has 140 valence electrons. The Kier molecular flexibility index (Phi) is 3.62. The van der Waals surface area contributed by atoms with E-state index in [1.807, 2.05) is 24.3 Å². The van der Waals surface area contributed by atoms with Crippen molar-refractivity contribution in [2.45, 2.75) is 12.8 Å². The summed E-state index contributed by atoms with van der Waals surface area (Å²) in [5, 5.41) is 14.0. The molecule has 27 heavy (non-hydrogen) atoms. The van der Waals surface area contributed by atoms with Gasteiger partial charge in [0.25, 0.3) is 0 Å². The zero-order valence-electron chi connectivity index (χ0n) is 14.7. The van der Waals surface area contributed by atoms with E-state index in [2.05, 4.69) is 10.00 Å². The first-order chi connectivity index (χ1) is 13.1. The topological polar surface area (TPSA) is 50.5 Å². The van der Waals surface area contributed by atoms with Gasteiger partial charge >= 0.3 is 0 Å². The Morgan fingerprint density at radius 3 is 2.33 bits per heavy atom. The number of benzene rings is 2. The van der Waals surface area contributed by atoms with Crippen LogP contribution in [0.2, 0.25) is 0 Å². The van der Waals surface area contributed by atoms with Crippen molar-refractivity contribution in [3.63, 3.8) is 0 Å². The van der Waals surface area contributed by atoms with Crippen LogP contribution in [0, 0.1) is 17.0 Å². The Morgan fingerprint density at radius 1 is 1.04 bits per heavy atom. The number of aromatic nitrogens is 2. The summed E-state index contributed by atoms with van der Waals surface area (Å²) in [5.41, 5.74) is 2.21. The fourth-order valence-corrected chi connectivity index (χ4v) is 4.03. The van der Waals surface area contributed by atoms with Gasteiger partial charge in [-0.05, 0) is 43.2 Å². The van der Waals surface area contributed by atoms with Crippen LogP contribution in [0.5, 0.6) is 5.75 Å². The van der Waals surface area contributed by atoms with Gasteiger partial charge < -0.3 is 14.7 Å². The molecule has 2 aromatic carbocycles. The Hall–Kier alpha value is -2.67. The van der Waals surface area contributed by atoms with Gasteiger partial charge in [-0.2, -0.15) is 5.10 Å². The maximum absolute atomic E-state index is 14.4. The largest absolute Gasteiger partial charge is 0.503 e. The molecule has 0 bridgehead atoms. The molecule has 3 heterocycles. The van der Waals surface area contributed by atoms with Crippen molar-refractivity contribution in [3.8, 4) is 11.4 Å². The number of anilines is 1. The average Bonchev–Trinajstić information content (AvgIpc) is 3.09. The van der Waals surface area contributed by atoms with Crippen LogP contribution < -0.4 is 4.90 Å². The van der Waals surface area contributed by atoms with E-state index in [0.717, 1.165) is 50.9 Å². The predicted molar refractivity (Wildman–Crippen MR) is 97.3 cm³/mol. The number of hydrogen-bond acceptors (Lipinski definition) is 4. The number of rotatable bonds is 2. The van der Waals surface area contributed by atoms with Crippen LogP contribution >= 0.6 is 0 Å². The number of piperidine rings is 1. The lowest BCUT2D eigenvalue weighted by Gasteiger charge is -2.47. The summed E-state index contributed by atoms with van der Waals surface area (Å²) in [6.45, 7) is 3.75. The number of nitrogens with zero attached hydrogens (tertiary/aromatic N) is 3. The standard InChI is InChI=1S/C20H19F2N3O2/c21-16-9-13-10-23-25(18(13)17(22)19(16)26)15-3-1-14(2-4-15)24-7-5-20(6-8-24)11-27-12-20/h1-4,9-10,26H,5-8,11-12H2. The first-order valence-electron chi connectivity index (χ1n) is 9.04. The van der Waals surface area contributed by atoms with Gasteiger partial charge in [0.1, 0.15) is 5.52 Å². The van der Waals surface area contributed by atoms with E-state index in [0.29, 0.717) is 16.5 Å². The number of hydrogen-bond donors (Lipinski definition) is 1. The first kappa shape index (κ1) is 16.5. The third-order valence-electron chi connectivity index (χ3n) is 5.82. The molecule has 2 fully saturated rings. The molecule has 2 aliphatic heterocycles. The summed E-state index contributed by atoms with van der Waals surface area (Å²) < 4.78 is 34.6. The van der Waals surface area contributed by atoms with Crippen molar-refractivity contribution in [2.24, 2.45) is 5.41 Å². The second-order valence-corrected chi connectivity index (χ2v) is 7.51. The fourth-order valence-electron chi connectivity index (χ4n) is 4.03. The van der Waals surface area contributed by atoms with Gasteiger partial charge in [-0.1, -0.05) is 0 Å². The number of fused-ring (bicyclic) bond motifs is 1. The van der Waals surface area contributed by atoms with E-state index < -0.39 is 17.4 Å². The second-order valence-electron chi connectivity index (χ2n) is 7.51. The second kappa shape index (κ2) is 5.92.